The molecule has 208 valence electrons. The monoisotopic (exact) mass is 538 g/mol. The van der Waals surface area contributed by atoms with E-state index >= 15 is 0 Å². The Labute approximate surface area is 235 Å². The lowest BCUT2D eigenvalue weighted by Crippen LogP contribution is -2.52. The average Bonchev–Trinajstić information content (AvgIpc) is 3.59. The average molecular weight is 539 g/mol. The highest BCUT2D eigenvalue weighted by molar-refractivity contribution is 6.01. The van der Waals surface area contributed by atoms with Crippen molar-refractivity contribution in [2.45, 2.75) is 58.9 Å². The molecule has 0 spiro atoms. The smallest absolute Gasteiger partial charge is 0.254 e. The number of aryl methyl sites for hydroxylation is 2. The highest BCUT2D eigenvalue weighted by Crippen LogP contribution is 2.28. The van der Waals surface area contributed by atoms with Gasteiger partial charge in [-0.25, -0.2) is 4.98 Å². The minimum atomic E-state index is 0.0559. The minimum Gasteiger partial charge on any atom is -0.337 e. The van der Waals surface area contributed by atoms with Gasteiger partial charge in [-0.2, -0.15) is 5.10 Å². The van der Waals surface area contributed by atoms with Crippen molar-refractivity contribution in [1.82, 2.24) is 30.0 Å². The Balaban J connectivity index is 1.15. The Bertz CT molecular complexity index is 1520. The topological polar surface area (TPSA) is 98.0 Å². The molecule has 2 fully saturated rings. The van der Waals surface area contributed by atoms with Gasteiger partial charge in [-0.1, -0.05) is 25.1 Å². The summed E-state index contributed by atoms with van der Waals surface area (Å²) in [6.07, 6.45) is 7.12. The van der Waals surface area contributed by atoms with E-state index in [9.17, 15) is 9.59 Å². The lowest BCUT2D eigenvalue weighted by atomic mass is 9.86. The van der Waals surface area contributed by atoms with Gasteiger partial charge in [0.2, 0.25) is 0 Å². The molecule has 1 saturated heterocycles. The molecule has 1 aliphatic carbocycles. The fourth-order valence-corrected chi connectivity index (χ4v) is 6.51. The highest BCUT2D eigenvalue weighted by atomic mass is 16.2. The first-order valence-electron chi connectivity index (χ1n) is 14.5. The fourth-order valence-electron chi connectivity index (χ4n) is 6.51. The van der Waals surface area contributed by atoms with Gasteiger partial charge in [0.05, 0.1) is 17.2 Å². The molecule has 40 heavy (non-hydrogen) atoms. The van der Waals surface area contributed by atoms with Crippen molar-refractivity contribution in [3.8, 4) is 11.5 Å². The predicted octanol–water partition coefficient (Wildman–Crippen LogP) is 5.33. The standard InChI is InChI=1S/C32H38N6O2/c1-20-7-10-25(11-8-20)37-13-15-38(16-14-37)32(40)23-9-12-26-27(17-23)35-31(34-26)30-24(19-33-36-30)18-28(39)29-21(2)5-4-6-22(29)3/h4-6,9,12,17,19-20,25H,7-8,10-11,13-16,18H2,1-3H3,(H,33,36)(H,34,35). The maximum Gasteiger partial charge on any atom is 0.254 e. The van der Waals surface area contributed by atoms with E-state index in [1.807, 2.05) is 55.1 Å². The number of aromatic amines is 2. The molecule has 1 aliphatic heterocycles. The Hall–Kier alpha value is -3.78. The number of carbonyl (C=O) groups excluding carboxylic acids is 2. The highest BCUT2D eigenvalue weighted by Gasteiger charge is 2.29. The number of rotatable bonds is 6. The normalized spacial score (nSPS) is 20.2. The second kappa shape index (κ2) is 11.0. The van der Waals surface area contributed by atoms with Crippen LogP contribution in [-0.2, 0) is 6.42 Å². The van der Waals surface area contributed by atoms with Gasteiger partial charge < -0.3 is 9.88 Å². The molecule has 6 rings (SSSR count). The first-order valence-corrected chi connectivity index (χ1v) is 14.5. The molecule has 1 amide bonds. The number of carbonyl (C=O) groups is 2. The maximum atomic E-state index is 13.4. The molecule has 2 aromatic carbocycles. The SMILES string of the molecule is Cc1cccc(C)c1C(=O)Cc1cn[nH]c1-c1nc2ccc(C(=O)N3CCN(C4CCC(C)CC4)CC3)cc2[nH]1. The first-order chi connectivity index (χ1) is 19.4. The summed E-state index contributed by atoms with van der Waals surface area (Å²) >= 11 is 0. The van der Waals surface area contributed by atoms with Crippen LogP contribution in [0.2, 0.25) is 0 Å². The Morgan fingerprint density at radius 3 is 2.42 bits per heavy atom. The van der Waals surface area contributed by atoms with Gasteiger partial charge in [0.1, 0.15) is 5.69 Å². The Morgan fingerprint density at radius 1 is 0.975 bits per heavy atom. The molecule has 2 aliphatic rings. The van der Waals surface area contributed by atoms with E-state index in [-0.39, 0.29) is 18.1 Å². The molecule has 3 heterocycles. The predicted molar refractivity (Wildman–Crippen MR) is 157 cm³/mol. The number of benzene rings is 2. The number of aromatic nitrogens is 4. The van der Waals surface area contributed by atoms with Crippen LogP contribution in [0.25, 0.3) is 22.6 Å². The van der Waals surface area contributed by atoms with Gasteiger partial charge in [0, 0.05) is 55.3 Å². The van der Waals surface area contributed by atoms with Crippen molar-refractivity contribution < 1.29 is 9.59 Å². The number of hydrogen-bond acceptors (Lipinski definition) is 5. The van der Waals surface area contributed by atoms with Gasteiger partial charge in [-0.05, 0) is 74.8 Å². The lowest BCUT2D eigenvalue weighted by Gasteiger charge is -2.41. The molecule has 8 heteroatoms. The Kier molecular flexibility index (Phi) is 7.27. The number of amides is 1. The molecule has 0 unspecified atom stereocenters. The number of piperazine rings is 1. The van der Waals surface area contributed by atoms with Crippen LogP contribution >= 0.6 is 0 Å². The van der Waals surface area contributed by atoms with Crippen LogP contribution in [0, 0.1) is 19.8 Å². The van der Waals surface area contributed by atoms with Crippen LogP contribution in [0.1, 0.15) is 70.0 Å². The summed E-state index contributed by atoms with van der Waals surface area (Å²) in [7, 11) is 0. The maximum absolute atomic E-state index is 13.4. The van der Waals surface area contributed by atoms with E-state index in [2.05, 4.69) is 27.0 Å². The number of nitrogens with zero attached hydrogens (tertiary/aromatic N) is 4. The van der Waals surface area contributed by atoms with E-state index in [1.165, 1.54) is 25.7 Å². The van der Waals surface area contributed by atoms with Crippen LogP contribution in [0.3, 0.4) is 0 Å². The van der Waals surface area contributed by atoms with Gasteiger partial charge in [-0.15, -0.1) is 0 Å². The van der Waals surface area contributed by atoms with Gasteiger partial charge in [0.25, 0.3) is 5.91 Å². The largest absolute Gasteiger partial charge is 0.337 e. The Morgan fingerprint density at radius 2 is 1.70 bits per heavy atom. The van der Waals surface area contributed by atoms with Crippen LogP contribution in [-0.4, -0.2) is 73.9 Å². The van der Waals surface area contributed by atoms with E-state index in [4.69, 9.17) is 4.98 Å². The summed E-state index contributed by atoms with van der Waals surface area (Å²) in [5.74, 6) is 1.58. The zero-order chi connectivity index (χ0) is 27.8. The van der Waals surface area contributed by atoms with E-state index in [0.717, 1.165) is 65.4 Å². The zero-order valence-corrected chi connectivity index (χ0v) is 23.7. The van der Waals surface area contributed by atoms with Crippen molar-refractivity contribution in [3.63, 3.8) is 0 Å². The van der Waals surface area contributed by atoms with E-state index in [0.29, 0.717) is 23.1 Å². The second-order valence-corrected chi connectivity index (χ2v) is 11.7. The number of hydrogen-bond donors (Lipinski definition) is 2. The summed E-state index contributed by atoms with van der Waals surface area (Å²) in [4.78, 5) is 39.2. The third-order valence-corrected chi connectivity index (χ3v) is 8.90. The number of Topliss-reactive ketones (excluding diaryl/α,β-unsaturated/α-hetero) is 1. The number of H-pyrrole nitrogens is 2. The molecule has 2 N–H and O–H groups in total. The molecule has 0 atom stereocenters. The van der Waals surface area contributed by atoms with Crippen molar-refractivity contribution in [3.05, 3.63) is 70.4 Å². The molecule has 8 nitrogen and oxygen atoms in total. The van der Waals surface area contributed by atoms with E-state index in [1.54, 1.807) is 6.20 Å². The lowest BCUT2D eigenvalue weighted by molar-refractivity contribution is 0.0501. The summed E-state index contributed by atoms with van der Waals surface area (Å²) in [6.45, 7) is 9.72. The van der Waals surface area contributed by atoms with Crippen LogP contribution in [0.5, 0.6) is 0 Å². The fraction of sp³-hybridized carbons (Fsp3) is 0.438. The zero-order valence-electron chi connectivity index (χ0n) is 23.7. The number of imidazole rings is 1. The quantitative estimate of drug-likeness (QED) is 0.323. The van der Waals surface area contributed by atoms with Crippen LogP contribution in [0.15, 0.2) is 42.6 Å². The first kappa shape index (κ1) is 26.4. The summed E-state index contributed by atoms with van der Waals surface area (Å²) in [6, 6.07) is 12.2. The number of nitrogens with one attached hydrogen (secondary N) is 2. The van der Waals surface area contributed by atoms with Crippen molar-refractivity contribution in [2.24, 2.45) is 5.92 Å². The van der Waals surface area contributed by atoms with Crippen molar-refractivity contribution in [1.29, 1.82) is 0 Å². The van der Waals surface area contributed by atoms with E-state index < -0.39 is 0 Å². The van der Waals surface area contributed by atoms with Crippen LogP contribution in [0.4, 0.5) is 0 Å². The summed E-state index contributed by atoms with van der Waals surface area (Å²) < 4.78 is 0. The molecule has 1 saturated carbocycles. The molecular formula is C32H38N6O2. The molecule has 0 bridgehead atoms. The molecule has 0 radical (unpaired) electrons. The summed E-state index contributed by atoms with van der Waals surface area (Å²) in [5.41, 5.74) is 6.41. The third kappa shape index (κ3) is 5.20. The minimum absolute atomic E-state index is 0.0559. The van der Waals surface area contributed by atoms with Gasteiger partial charge in [-0.3, -0.25) is 19.6 Å². The van der Waals surface area contributed by atoms with Gasteiger partial charge >= 0.3 is 0 Å². The molecular weight excluding hydrogens is 500 g/mol. The third-order valence-electron chi connectivity index (χ3n) is 8.90. The molecule has 4 aromatic rings. The van der Waals surface area contributed by atoms with Crippen molar-refractivity contribution in [2.75, 3.05) is 26.2 Å². The van der Waals surface area contributed by atoms with Crippen molar-refractivity contribution >= 4 is 22.7 Å². The van der Waals surface area contributed by atoms with Gasteiger partial charge in [0.15, 0.2) is 11.6 Å². The number of fused-ring (bicyclic) bond motifs is 1. The summed E-state index contributed by atoms with van der Waals surface area (Å²) in [5, 5.41) is 7.22. The second-order valence-electron chi connectivity index (χ2n) is 11.7. The molecule has 2 aromatic heterocycles. The number of ketones is 1. The van der Waals surface area contributed by atoms with Crippen LogP contribution < -0.4 is 0 Å².